The van der Waals surface area contributed by atoms with Crippen molar-refractivity contribution in [3.63, 3.8) is 0 Å². The summed E-state index contributed by atoms with van der Waals surface area (Å²) in [4.78, 5) is 27.0. The Balaban J connectivity index is 1.49. The summed E-state index contributed by atoms with van der Waals surface area (Å²) in [5.41, 5.74) is 3.99. The molecule has 0 atom stereocenters. The molecular formula is C22H21ClN4O2. The van der Waals surface area contributed by atoms with Crippen molar-refractivity contribution in [2.45, 2.75) is 19.4 Å². The van der Waals surface area contributed by atoms with Gasteiger partial charge in [0.2, 0.25) is 0 Å². The number of aromatic nitrogens is 2. The van der Waals surface area contributed by atoms with Crippen LogP contribution < -0.4 is 10.2 Å². The minimum atomic E-state index is -0.207. The molecule has 0 aliphatic carbocycles. The zero-order valence-corrected chi connectivity index (χ0v) is 16.8. The number of carbonyl (C=O) groups excluding carboxylic acids is 2. The van der Waals surface area contributed by atoms with Gasteiger partial charge in [0.05, 0.1) is 0 Å². The fourth-order valence-electron chi connectivity index (χ4n) is 3.56. The molecule has 0 radical (unpaired) electrons. The number of benzene rings is 2. The van der Waals surface area contributed by atoms with Gasteiger partial charge in [-0.15, -0.1) is 0 Å². The third kappa shape index (κ3) is 4.17. The van der Waals surface area contributed by atoms with Gasteiger partial charge in [-0.25, -0.2) is 0 Å². The topological polar surface area (TPSA) is 67.2 Å². The molecule has 0 saturated heterocycles. The molecule has 7 heteroatoms. The second-order valence-corrected chi connectivity index (χ2v) is 7.53. The number of hydrogen-bond donors (Lipinski definition) is 1. The molecule has 2 aromatic carbocycles. The van der Waals surface area contributed by atoms with Crippen LogP contribution in [0.2, 0.25) is 5.02 Å². The lowest BCUT2D eigenvalue weighted by Gasteiger charge is -2.30. The number of nitrogens with zero attached hydrogens (tertiary/aromatic N) is 3. The number of aryl methyl sites for hydroxylation is 2. The highest BCUT2D eigenvalue weighted by Gasteiger charge is 2.24. The smallest absolute Gasteiger partial charge is 0.272 e. The van der Waals surface area contributed by atoms with Gasteiger partial charge in [-0.1, -0.05) is 29.8 Å². The van der Waals surface area contributed by atoms with E-state index >= 15 is 0 Å². The van der Waals surface area contributed by atoms with Crippen LogP contribution in [0.3, 0.4) is 0 Å². The van der Waals surface area contributed by atoms with Gasteiger partial charge in [0, 0.05) is 42.6 Å². The van der Waals surface area contributed by atoms with E-state index in [-0.39, 0.29) is 11.8 Å². The maximum atomic E-state index is 13.0. The average molecular weight is 409 g/mol. The van der Waals surface area contributed by atoms with Gasteiger partial charge in [-0.3, -0.25) is 14.3 Å². The van der Waals surface area contributed by atoms with Gasteiger partial charge in [0.25, 0.3) is 11.8 Å². The van der Waals surface area contributed by atoms with E-state index in [1.165, 1.54) is 0 Å². The summed E-state index contributed by atoms with van der Waals surface area (Å²) in [6.07, 6.45) is 3.53. The first-order valence-corrected chi connectivity index (χ1v) is 9.86. The number of fused-ring (bicyclic) bond motifs is 1. The lowest BCUT2D eigenvalue weighted by Crippen LogP contribution is -2.35. The lowest BCUT2D eigenvalue weighted by molar-refractivity contribution is 0.0944. The number of hydrogen-bond acceptors (Lipinski definition) is 3. The lowest BCUT2D eigenvalue weighted by atomic mass is 9.98. The molecule has 1 aliphatic rings. The highest BCUT2D eigenvalue weighted by molar-refractivity contribution is 6.31. The molecule has 0 unspecified atom stereocenters. The summed E-state index contributed by atoms with van der Waals surface area (Å²) < 4.78 is 1.60. The third-order valence-corrected chi connectivity index (χ3v) is 5.21. The second-order valence-electron chi connectivity index (χ2n) is 7.09. The number of nitrogens with one attached hydrogen (secondary N) is 1. The van der Waals surface area contributed by atoms with E-state index < -0.39 is 0 Å². The van der Waals surface area contributed by atoms with Crippen LogP contribution in [0.4, 0.5) is 5.69 Å². The summed E-state index contributed by atoms with van der Waals surface area (Å²) in [6.45, 7) is 1.08. The molecule has 4 rings (SSSR count). The average Bonchev–Trinajstić information content (AvgIpc) is 3.17. The first kappa shape index (κ1) is 19.2. The fourth-order valence-corrected chi connectivity index (χ4v) is 3.75. The molecule has 0 fully saturated rings. The van der Waals surface area contributed by atoms with Crippen molar-refractivity contribution >= 4 is 29.1 Å². The largest absolute Gasteiger partial charge is 0.347 e. The fraction of sp³-hybridized carbons (Fsp3) is 0.227. The zero-order valence-electron chi connectivity index (χ0n) is 16.1. The summed E-state index contributed by atoms with van der Waals surface area (Å²) >= 11 is 6.04. The van der Waals surface area contributed by atoms with Crippen LogP contribution >= 0.6 is 11.6 Å². The molecule has 1 aliphatic heterocycles. The Labute approximate surface area is 174 Å². The molecule has 3 aromatic rings. The van der Waals surface area contributed by atoms with Crippen molar-refractivity contribution in [2.75, 3.05) is 11.4 Å². The Bertz CT molecular complexity index is 1080. The Hall–Kier alpha value is -3.12. The van der Waals surface area contributed by atoms with Gasteiger partial charge >= 0.3 is 0 Å². The van der Waals surface area contributed by atoms with Crippen LogP contribution in [0, 0.1) is 0 Å². The predicted octanol–water partition coefficient (Wildman–Crippen LogP) is 3.60. The first-order valence-electron chi connectivity index (χ1n) is 9.48. The van der Waals surface area contributed by atoms with Gasteiger partial charge in [-0.05, 0) is 54.3 Å². The molecule has 1 aromatic heterocycles. The SMILES string of the molecule is Cn1ccc(C(=O)NCc2ccc3c(c2)CCCN3C(=O)c2cccc(Cl)c2)n1. The Kier molecular flexibility index (Phi) is 5.36. The van der Waals surface area contributed by atoms with Gasteiger partial charge in [-0.2, -0.15) is 5.10 Å². The highest BCUT2D eigenvalue weighted by Crippen LogP contribution is 2.29. The standard InChI is InChI=1S/C22H21ClN4O2/c1-26-11-9-19(25-26)21(28)24-14-15-7-8-20-16(12-15)5-3-10-27(20)22(29)17-4-2-6-18(23)13-17/h2,4,6-9,11-13H,3,5,10,14H2,1H3,(H,24,28). The van der Waals surface area contributed by atoms with Crippen molar-refractivity contribution in [1.29, 1.82) is 0 Å². The monoisotopic (exact) mass is 408 g/mol. The van der Waals surface area contributed by atoms with Gasteiger partial charge in [0.1, 0.15) is 5.69 Å². The summed E-state index contributed by atoms with van der Waals surface area (Å²) in [5.74, 6) is -0.259. The van der Waals surface area contributed by atoms with Crippen LogP contribution in [0.1, 0.15) is 38.4 Å². The molecule has 0 saturated carbocycles. The molecule has 1 N–H and O–H groups in total. The van der Waals surface area contributed by atoms with Gasteiger partial charge < -0.3 is 10.2 Å². The zero-order chi connectivity index (χ0) is 20.4. The van der Waals surface area contributed by atoms with E-state index in [1.54, 1.807) is 53.2 Å². The first-order chi connectivity index (χ1) is 14.0. The summed E-state index contributed by atoms with van der Waals surface area (Å²) in [6, 6.07) is 14.7. The van der Waals surface area contributed by atoms with Crippen molar-refractivity contribution in [3.8, 4) is 0 Å². The second kappa shape index (κ2) is 8.09. The van der Waals surface area contributed by atoms with Crippen LogP contribution in [0.25, 0.3) is 0 Å². The predicted molar refractivity (Wildman–Crippen MR) is 112 cm³/mol. The van der Waals surface area contributed by atoms with Crippen LogP contribution in [-0.2, 0) is 20.0 Å². The quantitative estimate of drug-likeness (QED) is 0.717. The summed E-state index contributed by atoms with van der Waals surface area (Å²) in [7, 11) is 1.77. The van der Waals surface area contributed by atoms with E-state index in [0.717, 1.165) is 29.7 Å². The minimum absolute atomic E-state index is 0.0512. The number of amides is 2. The van der Waals surface area contributed by atoms with E-state index in [0.29, 0.717) is 29.4 Å². The molecule has 6 nitrogen and oxygen atoms in total. The highest BCUT2D eigenvalue weighted by atomic mass is 35.5. The molecule has 29 heavy (non-hydrogen) atoms. The Morgan fingerprint density at radius 3 is 2.79 bits per heavy atom. The minimum Gasteiger partial charge on any atom is -0.347 e. The molecule has 148 valence electrons. The maximum Gasteiger partial charge on any atom is 0.272 e. The maximum absolute atomic E-state index is 13.0. The van der Waals surface area contributed by atoms with Crippen molar-refractivity contribution in [1.82, 2.24) is 15.1 Å². The van der Waals surface area contributed by atoms with E-state index in [9.17, 15) is 9.59 Å². The molecule has 2 amide bonds. The normalized spacial score (nSPS) is 13.1. The van der Waals surface area contributed by atoms with Crippen molar-refractivity contribution in [2.24, 2.45) is 7.05 Å². The third-order valence-electron chi connectivity index (χ3n) is 4.98. The van der Waals surface area contributed by atoms with Crippen LogP contribution in [0.5, 0.6) is 0 Å². The number of anilines is 1. The van der Waals surface area contributed by atoms with E-state index in [2.05, 4.69) is 16.5 Å². The van der Waals surface area contributed by atoms with Crippen LogP contribution in [-0.4, -0.2) is 28.1 Å². The number of halogens is 1. The van der Waals surface area contributed by atoms with Crippen molar-refractivity contribution < 1.29 is 9.59 Å². The molecule has 2 heterocycles. The Morgan fingerprint density at radius 2 is 2.03 bits per heavy atom. The molecular weight excluding hydrogens is 388 g/mol. The molecule has 0 bridgehead atoms. The number of rotatable bonds is 4. The van der Waals surface area contributed by atoms with Crippen molar-refractivity contribution in [3.05, 3.63) is 82.1 Å². The van der Waals surface area contributed by atoms with E-state index in [4.69, 9.17) is 11.6 Å². The van der Waals surface area contributed by atoms with Crippen LogP contribution in [0.15, 0.2) is 54.7 Å². The Morgan fingerprint density at radius 1 is 1.17 bits per heavy atom. The summed E-state index contributed by atoms with van der Waals surface area (Å²) in [5, 5.41) is 7.55. The number of carbonyl (C=O) groups is 2. The molecule has 0 spiro atoms. The van der Waals surface area contributed by atoms with Gasteiger partial charge in [0.15, 0.2) is 0 Å². The van der Waals surface area contributed by atoms with E-state index in [1.807, 2.05) is 12.1 Å².